The molecule has 2 aliphatic rings. The minimum atomic E-state index is -0.437. The van der Waals surface area contributed by atoms with Gasteiger partial charge in [0.05, 0.1) is 0 Å². The van der Waals surface area contributed by atoms with Gasteiger partial charge >= 0.3 is 6.09 Å². The molecule has 1 heterocycles. The number of allylic oxidation sites excluding steroid dienone is 1. The van der Waals surface area contributed by atoms with Gasteiger partial charge < -0.3 is 9.64 Å². The Hall–Kier alpha value is -1.52. The number of nitrogens with zero attached hydrogens (tertiary/aromatic N) is 2. The van der Waals surface area contributed by atoms with Gasteiger partial charge in [0.15, 0.2) is 0 Å². The number of benzene rings is 1. The minimum Gasteiger partial charge on any atom is -0.444 e. The number of hydrogen-bond donors (Lipinski definition) is 0. The molecule has 4 nitrogen and oxygen atoms in total. The largest absolute Gasteiger partial charge is 0.444 e. The van der Waals surface area contributed by atoms with Gasteiger partial charge in [-0.1, -0.05) is 43.2 Å². The van der Waals surface area contributed by atoms with Crippen molar-refractivity contribution >= 4 is 23.3 Å². The van der Waals surface area contributed by atoms with Crippen molar-refractivity contribution < 1.29 is 9.53 Å². The van der Waals surface area contributed by atoms with Crippen LogP contribution in [0.3, 0.4) is 0 Å². The highest BCUT2D eigenvalue weighted by molar-refractivity contribution is 6.30. The first-order valence-corrected chi connectivity index (χ1v) is 11.6. The summed E-state index contributed by atoms with van der Waals surface area (Å²) in [6, 6.07) is 8.33. The van der Waals surface area contributed by atoms with Crippen LogP contribution in [0.4, 0.5) is 4.79 Å². The Kier molecular flexibility index (Phi) is 7.19. The summed E-state index contributed by atoms with van der Waals surface area (Å²) in [6.07, 6.45) is 4.44. The van der Waals surface area contributed by atoms with Gasteiger partial charge in [-0.15, -0.1) is 0 Å². The molecule has 3 rings (SSSR count). The zero-order valence-corrected chi connectivity index (χ0v) is 20.0. The van der Waals surface area contributed by atoms with Crippen molar-refractivity contribution in [1.29, 1.82) is 0 Å². The highest BCUT2D eigenvalue weighted by Gasteiger charge is 2.29. The Morgan fingerprint density at radius 2 is 1.73 bits per heavy atom. The van der Waals surface area contributed by atoms with Gasteiger partial charge in [-0.2, -0.15) is 0 Å². The van der Waals surface area contributed by atoms with Crippen LogP contribution >= 0.6 is 11.6 Å². The normalized spacial score (nSPS) is 20.4. The molecule has 1 aromatic carbocycles. The molecule has 5 heteroatoms. The van der Waals surface area contributed by atoms with Gasteiger partial charge in [-0.05, 0) is 75.1 Å². The molecule has 1 amide bonds. The number of rotatable bonds is 4. The van der Waals surface area contributed by atoms with Gasteiger partial charge in [0.1, 0.15) is 5.60 Å². The van der Waals surface area contributed by atoms with Crippen molar-refractivity contribution in [3.05, 3.63) is 40.4 Å². The quantitative estimate of drug-likeness (QED) is 0.563. The van der Waals surface area contributed by atoms with Crippen LogP contribution in [-0.2, 0) is 4.74 Å². The predicted octanol–water partition coefficient (Wildman–Crippen LogP) is 6.25. The third-order valence-electron chi connectivity index (χ3n) is 6.13. The monoisotopic (exact) mass is 432 g/mol. The van der Waals surface area contributed by atoms with E-state index in [1.165, 1.54) is 24.0 Å². The second kappa shape index (κ2) is 9.32. The number of carbonyl (C=O) groups is 1. The summed E-state index contributed by atoms with van der Waals surface area (Å²) in [6.45, 7) is 14.8. The maximum Gasteiger partial charge on any atom is 0.410 e. The summed E-state index contributed by atoms with van der Waals surface area (Å²) in [5, 5.41) is 0.791. The lowest BCUT2D eigenvalue weighted by Crippen LogP contribution is -2.50. The highest BCUT2D eigenvalue weighted by Crippen LogP contribution is 2.44. The zero-order valence-electron chi connectivity index (χ0n) is 19.3. The van der Waals surface area contributed by atoms with Crippen molar-refractivity contribution in [2.75, 3.05) is 32.7 Å². The van der Waals surface area contributed by atoms with E-state index in [1.807, 2.05) is 37.8 Å². The summed E-state index contributed by atoms with van der Waals surface area (Å²) in [5.74, 6) is 0. The van der Waals surface area contributed by atoms with E-state index in [9.17, 15) is 4.79 Å². The number of carbonyl (C=O) groups excluding carboxylic acids is 1. The van der Waals surface area contributed by atoms with E-state index in [2.05, 4.69) is 30.9 Å². The lowest BCUT2D eigenvalue weighted by molar-refractivity contribution is 0.0146. The molecule has 0 bridgehead atoms. The topological polar surface area (TPSA) is 32.8 Å². The lowest BCUT2D eigenvalue weighted by atomic mass is 9.72. The van der Waals surface area contributed by atoms with E-state index in [0.29, 0.717) is 5.41 Å². The summed E-state index contributed by atoms with van der Waals surface area (Å²) in [5.41, 5.74) is 4.32. The molecule has 166 valence electrons. The molecule has 30 heavy (non-hydrogen) atoms. The summed E-state index contributed by atoms with van der Waals surface area (Å²) in [7, 11) is 0. The Morgan fingerprint density at radius 3 is 2.33 bits per heavy atom. The molecule has 1 aromatic rings. The molecule has 0 unspecified atom stereocenters. The molecule has 1 aliphatic carbocycles. The van der Waals surface area contributed by atoms with Gasteiger partial charge in [0.2, 0.25) is 0 Å². The molecule has 0 spiro atoms. The fourth-order valence-electron chi connectivity index (χ4n) is 4.34. The number of ether oxygens (including phenoxy) is 1. The van der Waals surface area contributed by atoms with Gasteiger partial charge in [0.25, 0.3) is 0 Å². The Bertz CT molecular complexity index is 769. The Labute approximate surface area is 187 Å². The fourth-order valence-corrected chi connectivity index (χ4v) is 4.46. The van der Waals surface area contributed by atoms with E-state index in [0.717, 1.165) is 50.6 Å². The molecular weight excluding hydrogens is 396 g/mol. The second-order valence-electron chi connectivity index (χ2n) is 10.5. The molecule has 0 N–H and O–H groups in total. The maximum atomic E-state index is 12.3. The van der Waals surface area contributed by atoms with E-state index < -0.39 is 5.60 Å². The highest BCUT2D eigenvalue weighted by atomic mass is 35.5. The molecule has 0 radical (unpaired) electrons. The number of halogens is 1. The summed E-state index contributed by atoms with van der Waals surface area (Å²) < 4.78 is 5.51. The van der Waals surface area contributed by atoms with Crippen LogP contribution in [0.5, 0.6) is 0 Å². The van der Waals surface area contributed by atoms with Crippen molar-refractivity contribution in [2.24, 2.45) is 5.41 Å². The summed E-state index contributed by atoms with van der Waals surface area (Å²) >= 11 is 6.12. The Morgan fingerprint density at radius 1 is 1.10 bits per heavy atom. The fraction of sp³-hybridized carbons (Fsp3) is 0.640. The standard InChI is InChI=1S/C25H37ClN2O2/c1-24(2,3)30-23(29)28-16-14-27(15-17-28)13-11-20-10-12-25(4,5)18-22(20)19-6-8-21(26)9-7-19/h6-9H,10-18H2,1-5H3. The SMILES string of the molecule is CC1(C)CCC(CCN2CCN(C(=O)OC(C)(C)C)CC2)=C(c2ccc(Cl)cc2)C1. The second-order valence-corrected chi connectivity index (χ2v) is 10.9. The molecule has 0 aromatic heterocycles. The van der Waals surface area contributed by atoms with Crippen LogP contribution in [0, 0.1) is 5.41 Å². The zero-order chi connectivity index (χ0) is 21.9. The minimum absolute atomic E-state index is 0.190. The van der Waals surface area contributed by atoms with Crippen LogP contribution in [0.2, 0.25) is 5.02 Å². The van der Waals surface area contributed by atoms with Crippen LogP contribution in [0.25, 0.3) is 5.57 Å². The van der Waals surface area contributed by atoms with E-state index in [4.69, 9.17) is 16.3 Å². The van der Waals surface area contributed by atoms with E-state index >= 15 is 0 Å². The van der Waals surface area contributed by atoms with Crippen molar-refractivity contribution in [3.8, 4) is 0 Å². The average Bonchev–Trinajstić information content (AvgIpc) is 2.66. The van der Waals surface area contributed by atoms with Gasteiger partial charge in [0, 0.05) is 37.7 Å². The van der Waals surface area contributed by atoms with Crippen LogP contribution in [0.1, 0.15) is 65.9 Å². The van der Waals surface area contributed by atoms with Gasteiger partial charge in [-0.3, -0.25) is 4.90 Å². The molecule has 0 saturated carbocycles. The summed E-state index contributed by atoms with van der Waals surface area (Å²) in [4.78, 5) is 16.6. The molecule has 1 fully saturated rings. The third kappa shape index (κ3) is 6.49. The van der Waals surface area contributed by atoms with Gasteiger partial charge in [-0.25, -0.2) is 4.79 Å². The smallest absolute Gasteiger partial charge is 0.410 e. The number of hydrogen-bond acceptors (Lipinski definition) is 3. The van der Waals surface area contributed by atoms with Crippen molar-refractivity contribution in [2.45, 2.75) is 65.9 Å². The average molecular weight is 433 g/mol. The van der Waals surface area contributed by atoms with Crippen LogP contribution in [0.15, 0.2) is 29.8 Å². The lowest BCUT2D eigenvalue weighted by Gasteiger charge is -2.37. The first-order chi connectivity index (χ1) is 14.0. The van der Waals surface area contributed by atoms with Crippen molar-refractivity contribution in [1.82, 2.24) is 9.80 Å². The maximum absolute atomic E-state index is 12.3. The molecular formula is C25H37ClN2O2. The predicted molar refractivity (Wildman–Crippen MR) is 125 cm³/mol. The molecule has 1 saturated heterocycles. The first kappa shape index (κ1) is 23.1. The van der Waals surface area contributed by atoms with Crippen LogP contribution in [-0.4, -0.2) is 54.2 Å². The number of amides is 1. The number of piperazine rings is 1. The molecule has 1 aliphatic heterocycles. The molecule has 0 atom stereocenters. The Balaban J connectivity index is 1.60. The van der Waals surface area contributed by atoms with E-state index in [1.54, 1.807) is 5.57 Å². The van der Waals surface area contributed by atoms with E-state index in [-0.39, 0.29) is 6.09 Å². The third-order valence-corrected chi connectivity index (χ3v) is 6.38. The van der Waals surface area contributed by atoms with Crippen LogP contribution < -0.4 is 0 Å². The van der Waals surface area contributed by atoms with Crippen molar-refractivity contribution in [3.63, 3.8) is 0 Å². The first-order valence-electron chi connectivity index (χ1n) is 11.2.